The number of methoxy groups -OCH3 is 1. The zero-order chi connectivity index (χ0) is 19.4. The van der Waals surface area contributed by atoms with Crippen molar-refractivity contribution in [2.75, 3.05) is 7.11 Å². The number of carbonyl (C=O) groups is 2. The van der Waals surface area contributed by atoms with Crippen molar-refractivity contribution in [3.63, 3.8) is 0 Å². The Morgan fingerprint density at radius 2 is 2.04 bits per heavy atom. The normalized spacial score (nSPS) is 14.6. The molecule has 1 fully saturated rings. The highest BCUT2D eigenvalue weighted by atomic mass is 16.5. The van der Waals surface area contributed by atoms with Crippen LogP contribution in [0.3, 0.4) is 0 Å². The molecule has 0 spiro atoms. The third-order valence-corrected chi connectivity index (χ3v) is 4.60. The molecule has 0 saturated heterocycles. The molecule has 2 aromatic rings. The van der Waals surface area contributed by atoms with Gasteiger partial charge in [-0.15, -0.1) is 0 Å². The Labute approximate surface area is 157 Å². The van der Waals surface area contributed by atoms with Crippen molar-refractivity contribution >= 4 is 11.9 Å². The molecule has 0 aliphatic heterocycles. The van der Waals surface area contributed by atoms with Crippen LogP contribution in [0.4, 0.5) is 0 Å². The van der Waals surface area contributed by atoms with Gasteiger partial charge in [-0.3, -0.25) is 4.79 Å². The Hall–Kier alpha value is -2.90. The first-order valence-electron chi connectivity index (χ1n) is 9.00. The number of carboxylic acids is 1. The molecular weight excluding hydrogens is 350 g/mol. The lowest BCUT2D eigenvalue weighted by atomic mass is 10.2. The number of amides is 1. The molecule has 1 N–H and O–H groups in total. The number of aryl methyl sites for hydroxylation is 1. The van der Waals surface area contributed by atoms with Gasteiger partial charge in [0.05, 0.1) is 7.11 Å². The van der Waals surface area contributed by atoms with Crippen LogP contribution in [0.15, 0.2) is 28.8 Å². The molecule has 1 saturated carbocycles. The van der Waals surface area contributed by atoms with Crippen LogP contribution < -0.4 is 4.74 Å². The highest BCUT2D eigenvalue weighted by Crippen LogP contribution is 2.29. The van der Waals surface area contributed by atoms with Crippen LogP contribution in [0, 0.1) is 0 Å². The van der Waals surface area contributed by atoms with E-state index in [0.717, 1.165) is 24.2 Å². The predicted molar refractivity (Wildman–Crippen MR) is 96.2 cm³/mol. The molecule has 0 radical (unpaired) electrons. The molecule has 1 aromatic carbocycles. The molecule has 8 nitrogen and oxygen atoms in total. The first-order valence-corrected chi connectivity index (χ1v) is 9.00. The van der Waals surface area contributed by atoms with Gasteiger partial charge in [-0.1, -0.05) is 5.16 Å². The monoisotopic (exact) mass is 373 g/mol. The molecule has 1 heterocycles. The van der Waals surface area contributed by atoms with Crippen LogP contribution in [-0.4, -0.2) is 51.2 Å². The molecule has 1 atom stereocenters. The molecule has 0 bridgehead atoms. The summed E-state index contributed by atoms with van der Waals surface area (Å²) >= 11 is 0. The van der Waals surface area contributed by atoms with E-state index in [1.54, 1.807) is 14.0 Å². The van der Waals surface area contributed by atoms with Crippen molar-refractivity contribution in [3.8, 4) is 17.1 Å². The van der Waals surface area contributed by atoms with Gasteiger partial charge < -0.3 is 19.3 Å². The number of benzene rings is 1. The summed E-state index contributed by atoms with van der Waals surface area (Å²) in [7, 11) is 1.60. The van der Waals surface area contributed by atoms with Crippen LogP contribution in [0.5, 0.6) is 5.75 Å². The Balaban J connectivity index is 1.53. The summed E-state index contributed by atoms with van der Waals surface area (Å²) in [6.07, 6.45) is 3.00. The second-order valence-corrected chi connectivity index (χ2v) is 6.64. The molecule has 3 rings (SSSR count). The van der Waals surface area contributed by atoms with Gasteiger partial charge in [-0.2, -0.15) is 4.98 Å². The van der Waals surface area contributed by atoms with E-state index in [4.69, 9.17) is 9.26 Å². The van der Waals surface area contributed by atoms with Crippen LogP contribution >= 0.6 is 0 Å². The Morgan fingerprint density at radius 3 is 2.63 bits per heavy atom. The minimum absolute atomic E-state index is 0.0636. The van der Waals surface area contributed by atoms with Crippen molar-refractivity contribution in [3.05, 3.63) is 30.2 Å². The Bertz CT molecular complexity index is 798. The second kappa shape index (κ2) is 8.20. The molecule has 1 aromatic heterocycles. The number of aliphatic carboxylic acids is 1. The van der Waals surface area contributed by atoms with Crippen molar-refractivity contribution in [1.82, 2.24) is 15.0 Å². The lowest BCUT2D eigenvalue weighted by Gasteiger charge is -2.26. The third-order valence-electron chi connectivity index (χ3n) is 4.60. The van der Waals surface area contributed by atoms with Crippen molar-refractivity contribution in [1.29, 1.82) is 0 Å². The van der Waals surface area contributed by atoms with E-state index in [-0.39, 0.29) is 18.4 Å². The number of ether oxygens (including phenoxy) is 1. The third kappa shape index (κ3) is 4.64. The molecule has 8 heteroatoms. The van der Waals surface area contributed by atoms with Gasteiger partial charge in [-0.25, -0.2) is 4.79 Å². The summed E-state index contributed by atoms with van der Waals surface area (Å²) in [6.45, 7) is 1.55. The first kappa shape index (κ1) is 18.9. The van der Waals surface area contributed by atoms with E-state index >= 15 is 0 Å². The molecule has 1 aliphatic carbocycles. The maximum atomic E-state index is 12.4. The van der Waals surface area contributed by atoms with Crippen molar-refractivity contribution < 1.29 is 24.0 Å². The van der Waals surface area contributed by atoms with E-state index in [0.29, 0.717) is 24.6 Å². The van der Waals surface area contributed by atoms with Crippen LogP contribution in [0.25, 0.3) is 11.4 Å². The van der Waals surface area contributed by atoms with Gasteiger partial charge in [0, 0.05) is 24.4 Å². The number of aromatic nitrogens is 2. The molecule has 144 valence electrons. The standard InChI is InChI=1S/C19H23N3O5/c1-12(19(24)25)22(14-8-9-14)17(23)5-3-4-16-20-18(21-27-16)13-6-10-15(26-2)11-7-13/h6-7,10-12,14H,3-5,8-9H2,1-2H3,(H,24,25). The Kier molecular flexibility index (Phi) is 5.73. The fraction of sp³-hybridized carbons (Fsp3) is 0.474. The van der Waals surface area contributed by atoms with E-state index in [1.165, 1.54) is 4.90 Å². The van der Waals surface area contributed by atoms with E-state index in [1.807, 2.05) is 24.3 Å². The number of carboxylic acid groups (broad SMARTS) is 1. The topological polar surface area (TPSA) is 106 Å². The van der Waals surface area contributed by atoms with Gasteiger partial charge in [0.15, 0.2) is 0 Å². The molecule has 1 aliphatic rings. The van der Waals surface area contributed by atoms with Gasteiger partial charge in [0.25, 0.3) is 0 Å². The van der Waals surface area contributed by atoms with Crippen molar-refractivity contribution in [2.24, 2.45) is 0 Å². The zero-order valence-corrected chi connectivity index (χ0v) is 15.4. The summed E-state index contributed by atoms with van der Waals surface area (Å²) < 4.78 is 10.4. The lowest BCUT2D eigenvalue weighted by Crippen LogP contribution is -2.44. The second-order valence-electron chi connectivity index (χ2n) is 6.64. The summed E-state index contributed by atoms with van der Waals surface area (Å²) in [5, 5.41) is 13.2. The highest BCUT2D eigenvalue weighted by Gasteiger charge is 2.37. The van der Waals surface area contributed by atoms with Crippen LogP contribution in [0.2, 0.25) is 0 Å². The number of hydrogen-bond acceptors (Lipinski definition) is 6. The maximum absolute atomic E-state index is 12.4. The summed E-state index contributed by atoms with van der Waals surface area (Å²) in [4.78, 5) is 29.5. The van der Waals surface area contributed by atoms with Crippen LogP contribution in [0.1, 0.15) is 38.5 Å². The Morgan fingerprint density at radius 1 is 1.33 bits per heavy atom. The first-order chi connectivity index (χ1) is 13.0. The van der Waals surface area contributed by atoms with E-state index < -0.39 is 12.0 Å². The van der Waals surface area contributed by atoms with E-state index in [9.17, 15) is 14.7 Å². The maximum Gasteiger partial charge on any atom is 0.326 e. The number of rotatable bonds is 9. The quantitative estimate of drug-likeness (QED) is 0.720. The van der Waals surface area contributed by atoms with Gasteiger partial charge in [0.1, 0.15) is 11.8 Å². The molecular formula is C19H23N3O5. The zero-order valence-electron chi connectivity index (χ0n) is 15.4. The fourth-order valence-electron chi connectivity index (χ4n) is 2.94. The van der Waals surface area contributed by atoms with Crippen molar-refractivity contribution in [2.45, 2.75) is 51.1 Å². The van der Waals surface area contributed by atoms with E-state index in [2.05, 4.69) is 10.1 Å². The SMILES string of the molecule is COc1ccc(-c2noc(CCCC(=O)N(C3CC3)C(C)C(=O)O)n2)cc1. The summed E-state index contributed by atoms with van der Waals surface area (Å²) in [6, 6.07) is 6.60. The number of nitrogens with zero attached hydrogens (tertiary/aromatic N) is 3. The molecule has 27 heavy (non-hydrogen) atoms. The minimum atomic E-state index is -0.976. The fourth-order valence-corrected chi connectivity index (χ4v) is 2.94. The summed E-state index contributed by atoms with van der Waals surface area (Å²) in [5.74, 6) is 0.575. The molecule has 1 unspecified atom stereocenters. The average Bonchev–Trinajstić information content (AvgIpc) is 3.38. The summed E-state index contributed by atoms with van der Waals surface area (Å²) in [5.41, 5.74) is 0.817. The lowest BCUT2D eigenvalue weighted by molar-refractivity contribution is -0.150. The van der Waals surface area contributed by atoms with Gasteiger partial charge in [0.2, 0.25) is 17.6 Å². The predicted octanol–water partition coefficient (Wildman–Crippen LogP) is 2.53. The van der Waals surface area contributed by atoms with Gasteiger partial charge >= 0.3 is 5.97 Å². The molecule has 1 amide bonds. The average molecular weight is 373 g/mol. The highest BCUT2D eigenvalue weighted by molar-refractivity contribution is 5.84. The largest absolute Gasteiger partial charge is 0.497 e. The smallest absolute Gasteiger partial charge is 0.326 e. The number of hydrogen-bond donors (Lipinski definition) is 1. The minimum Gasteiger partial charge on any atom is -0.497 e. The van der Waals surface area contributed by atoms with Gasteiger partial charge in [-0.05, 0) is 50.5 Å². The number of carbonyl (C=O) groups excluding carboxylic acids is 1. The van der Waals surface area contributed by atoms with Crippen LogP contribution in [-0.2, 0) is 16.0 Å².